The van der Waals surface area contributed by atoms with Gasteiger partial charge in [-0.05, 0) is 12.1 Å². The maximum atomic E-state index is 12.3. The monoisotopic (exact) mass is 241 g/mol. The molecule has 0 amide bonds. The standard InChI is InChI=1S/C11H6F3NO2/c12-11(13,14)8-3-1-7(2-4-8)9(16)10-15-5-6-17-10/h1-6H. The fourth-order valence-corrected chi connectivity index (χ4v) is 1.27. The highest BCUT2D eigenvalue weighted by molar-refractivity contribution is 6.05. The predicted molar refractivity (Wildman–Crippen MR) is 51.4 cm³/mol. The van der Waals surface area contributed by atoms with Crippen LogP contribution in [-0.4, -0.2) is 10.8 Å². The largest absolute Gasteiger partial charge is 0.442 e. The number of carbonyl (C=O) groups is 1. The van der Waals surface area contributed by atoms with Crippen LogP contribution in [0.3, 0.4) is 0 Å². The van der Waals surface area contributed by atoms with E-state index in [1.807, 2.05) is 0 Å². The molecule has 0 saturated heterocycles. The van der Waals surface area contributed by atoms with Gasteiger partial charge in [0.15, 0.2) is 0 Å². The van der Waals surface area contributed by atoms with E-state index in [0.717, 1.165) is 24.3 Å². The third-order valence-electron chi connectivity index (χ3n) is 2.10. The van der Waals surface area contributed by atoms with Crippen molar-refractivity contribution in [2.45, 2.75) is 6.18 Å². The van der Waals surface area contributed by atoms with Crippen LogP contribution in [0.1, 0.15) is 21.8 Å². The molecule has 17 heavy (non-hydrogen) atoms. The van der Waals surface area contributed by atoms with Gasteiger partial charge in [-0.2, -0.15) is 13.2 Å². The van der Waals surface area contributed by atoms with Crippen LogP contribution in [0.15, 0.2) is 41.1 Å². The lowest BCUT2D eigenvalue weighted by Gasteiger charge is -2.06. The zero-order chi connectivity index (χ0) is 12.5. The van der Waals surface area contributed by atoms with Gasteiger partial charge in [0.25, 0.3) is 5.89 Å². The fraction of sp³-hybridized carbons (Fsp3) is 0.0909. The summed E-state index contributed by atoms with van der Waals surface area (Å²) in [5.74, 6) is -0.700. The van der Waals surface area contributed by atoms with Crippen LogP contribution >= 0.6 is 0 Å². The number of halogens is 3. The van der Waals surface area contributed by atoms with Gasteiger partial charge in [0.1, 0.15) is 6.26 Å². The number of carbonyl (C=O) groups excluding carboxylic acids is 1. The molecule has 0 unspecified atom stereocenters. The molecule has 0 N–H and O–H groups in total. The maximum absolute atomic E-state index is 12.3. The number of ketones is 1. The van der Waals surface area contributed by atoms with Gasteiger partial charge in [-0.15, -0.1) is 0 Å². The molecule has 0 aliphatic carbocycles. The average molecular weight is 241 g/mol. The molecule has 1 heterocycles. The molecule has 0 saturated carbocycles. The number of nitrogens with zero attached hydrogens (tertiary/aromatic N) is 1. The average Bonchev–Trinajstić information content (AvgIpc) is 2.80. The van der Waals surface area contributed by atoms with Crippen LogP contribution in [0.2, 0.25) is 0 Å². The van der Waals surface area contributed by atoms with E-state index in [1.165, 1.54) is 12.5 Å². The van der Waals surface area contributed by atoms with Crippen molar-refractivity contribution < 1.29 is 22.4 Å². The molecule has 0 radical (unpaired) electrons. The Labute approximate surface area is 93.9 Å². The Balaban J connectivity index is 2.28. The summed E-state index contributed by atoms with van der Waals surface area (Å²) in [5, 5.41) is 0. The number of hydrogen-bond acceptors (Lipinski definition) is 3. The summed E-state index contributed by atoms with van der Waals surface area (Å²) >= 11 is 0. The molecule has 2 rings (SSSR count). The first kappa shape index (κ1) is 11.4. The first-order chi connectivity index (χ1) is 7.98. The van der Waals surface area contributed by atoms with Crippen molar-refractivity contribution in [3.8, 4) is 0 Å². The third kappa shape index (κ3) is 2.35. The van der Waals surface area contributed by atoms with Crippen molar-refractivity contribution in [2.24, 2.45) is 0 Å². The minimum Gasteiger partial charge on any atom is -0.442 e. The van der Waals surface area contributed by atoms with Crippen molar-refractivity contribution in [3.05, 3.63) is 53.7 Å². The van der Waals surface area contributed by atoms with Gasteiger partial charge in [0.05, 0.1) is 11.8 Å². The topological polar surface area (TPSA) is 43.1 Å². The molecule has 0 fully saturated rings. The molecular formula is C11H6F3NO2. The lowest BCUT2D eigenvalue weighted by Crippen LogP contribution is -2.06. The van der Waals surface area contributed by atoms with Crippen LogP contribution < -0.4 is 0 Å². The van der Waals surface area contributed by atoms with Crippen molar-refractivity contribution in [3.63, 3.8) is 0 Å². The highest BCUT2D eigenvalue weighted by Gasteiger charge is 2.30. The first-order valence-corrected chi connectivity index (χ1v) is 4.60. The van der Waals surface area contributed by atoms with E-state index in [-0.39, 0.29) is 11.5 Å². The second-order valence-corrected chi connectivity index (χ2v) is 3.24. The molecular weight excluding hydrogens is 235 g/mol. The highest BCUT2D eigenvalue weighted by atomic mass is 19.4. The summed E-state index contributed by atoms with van der Waals surface area (Å²) < 4.78 is 41.6. The van der Waals surface area contributed by atoms with Crippen molar-refractivity contribution >= 4 is 5.78 Å². The van der Waals surface area contributed by atoms with Crippen LogP contribution in [-0.2, 0) is 6.18 Å². The van der Waals surface area contributed by atoms with Gasteiger partial charge in [-0.25, -0.2) is 4.98 Å². The SMILES string of the molecule is O=C(c1ccc(C(F)(F)F)cc1)c1ncco1. The molecule has 6 heteroatoms. The van der Waals surface area contributed by atoms with Gasteiger partial charge in [-0.3, -0.25) is 4.79 Å². The maximum Gasteiger partial charge on any atom is 0.416 e. The van der Waals surface area contributed by atoms with E-state index in [2.05, 4.69) is 4.98 Å². The molecule has 1 aromatic heterocycles. The normalized spacial score (nSPS) is 11.5. The molecule has 1 aromatic carbocycles. The van der Waals surface area contributed by atoms with Crippen molar-refractivity contribution in [1.82, 2.24) is 4.98 Å². The summed E-state index contributed by atoms with van der Waals surface area (Å²) in [4.78, 5) is 15.3. The van der Waals surface area contributed by atoms with E-state index in [1.54, 1.807) is 0 Å². The number of hydrogen-bond donors (Lipinski definition) is 0. The van der Waals surface area contributed by atoms with Gasteiger partial charge < -0.3 is 4.42 Å². The Morgan fingerprint density at radius 2 is 1.82 bits per heavy atom. The van der Waals surface area contributed by atoms with E-state index in [9.17, 15) is 18.0 Å². The highest BCUT2D eigenvalue weighted by Crippen LogP contribution is 2.29. The summed E-state index contributed by atoms with van der Waals surface area (Å²) in [5.41, 5.74) is -0.707. The molecule has 0 spiro atoms. The van der Waals surface area contributed by atoms with Gasteiger partial charge >= 0.3 is 6.18 Å². The van der Waals surface area contributed by atoms with Crippen LogP contribution in [0, 0.1) is 0 Å². The minimum atomic E-state index is -4.41. The van der Waals surface area contributed by atoms with Crippen molar-refractivity contribution in [2.75, 3.05) is 0 Å². The Kier molecular flexibility index (Phi) is 2.71. The summed E-state index contributed by atoms with van der Waals surface area (Å²) in [7, 11) is 0. The van der Waals surface area contributed by atoms with Gasteiger partial charge in [-0.1, -0.05) is 12.1 Å². The molecule has 0 bridgehead atoms. The minimum absolute atomic E-state index is 0.0976. The number of benzene rings is 1. The number of alkyl halides is 3. The van der Waals surface area contributed by atoms with E-state index >= 15 is 0 Å². The van der Waals surface area contributed by atoms with Crippen LogP contribution in [0.5, 0.6) is 0 Å². The Morgan fingerprint density at radius 1 is 1.18 bits per heavy atom. The second kappa shape index (κ2) is 4.04. The van der Waals surface area contributed by atoms with Gasteiger partial charge in [0.2, 0.25) is 5.78 Å². The summed E-state index contributed by atoms with van der Waals surface area (Å²) in [6.45, 7) is 0. The van der Waals surface area contributed by atoms with E-state index in [0.29, 0.717) is 0 Å². The molecule has 88 valence electrons. The Bertz CT molecular complexity index is 515. The number of aromatic nitrogens is 1. The number of rotatable bonds is 2. The van der Waals surface area contributed by atoms with E-state index in [4.69, 9.17) is 4.42 Å². The Hall–Kier alpha value is -2.11. The quantitative estimate of drug-likeness (QED) is 0.759. The molecule has 0 aliphatic rings. The third-order valence-corrected chi connectivity index (χ3v) is 2.10. The molecule has 0 atom stereocenters. The molecule has 0 aliphatic heterocycles. The zero-order valence-corrected chi connectivity index (χ0v) is 8.36. The lowest BCUT2D eigenvalue weighted by atomic mass is 10.1. The lowest BCUT2D eigenvalue weighted by molar-refractivity contribution is -0.137. The molecule has 3 nitrogen and oxygen atoms in total. The predicted octanol–water partition coefficient (Wildman–Crippen LogP) is 2.92. The van der Waals surface area contributed by atoms with E-state index < -0.39 is 17.5 Å². The van der Waals surface area contributed by atoms with Crippen LogP contribution in [0.4, 0.5) is 13.2 Å². The zero-order valence-electron chi connectivity index (χ0n) is 8.36. The van der Waals surface area contributed by atoms with Gasteiger partial charge in [0, 0.05) is 5.56 Å². The second-order valence-electron chi connectivity index (χ2n) is 3.24. The first-order valence-electron chi connectivity index (χ1n) is 4.60. The summed E-state index contributed by atoms with van der Waals surface area (Å²) in [6.07, 6.45) is -1.90. The van der Waals surface area contributed by atoms with Crippen molar-refractivity contribution in [1.29, 1.82) is 0 Å². The Morgan fingerprint density at radius 3 is 2.29 bits per heavy atom. The smallest absolute Gasteiger partial charge is 0.416 e. The van der Waals surface area contributed by atoms with Crippen LogP contribution in [0.25, 0.3) is 0 Å². The summed E-state index contributed by atoms with van der Waals surface area (Å²) in [6, 6.07) is 3.87. The molecule has 2 aromatic rings. The fourth-order valence-electron chi connectivity index (χ4n) is 1.27. The number of oxazole rings is 1.